The normalized spacial score (nSPS) is 11.5. The van der Waals surface area contributed by atoms with Crippen LogP contribution in [0.3, 0.4) is 0 Å². The van der Waals surface area contributed by atoms with Crippen molar-refractivity contribution in [2.24, 2.45) is 0 Å². The van der Waals surface area contributed by atoms with Gasteiger partial charge in [-0.3, -0.25) is 0 Å². The summed E-state index contributed by atoms with van der Waals surface area (Å²) in [6.07, 6.45) is 0. The molecule has 0 aliphatic carbocycles. The van der Waals surface area contributed by atoms with E-state index in [1.165, 1.54) is 11.1 Å². The maximum Gasteiger partial charge on any atom is 0.164 e. The van der Waals surface area contributed by atoms with E-state index in [4.69, 9.17) is 58.7 Å². The van der Waals surface area contributed by atoms with Gasteiger partial charge in [-0.2, -0.15) is 0 Å². The Balaban J connectivity index is 0.000000145. The van der Waals surface area contributed by atoms with E-state index >= 15 is 0 Å². The molecule has 0 aliphatic rings. The van der Waals surface area contributed by atoms with E-state index in [1.807, 2.05) is 121 Å². The minimum Gasteiger partial charge on any atom is -0.456 e. The number of benzene rings is 18. The minimum absolute atomic E-state index is 0.617. The molecule has 0 aliphatic heterocycles. The standard InChI is InChI=1S/2C57H35N5O/c1-3-12-36(13-4-1)37-24-26-39(27-25-37)56-60-55(38-14-5-2-6-15-38)61-57(62-56)46-21-11-20-44(34-46)42-18-9-16-40(32-42)41-17-10-19-43(33-41)45-28-30-49-51(35-45)59-53-50(58-49)31-29-48-47-22-7-8-23-52(47)63-54(48)53;1-3-12-36(13-4-1)37-24-26-39(27-25-37)56-60-55(38-14-5-2-6-15-38)61-57(62-56)46-21-11-20-44(32-46)42-18-9-16-40(30-42)41-17-10-19-43(31-41)45-28-29-49-50(33-45)59-52-35-54-48(34-51(52)58-49)47-22-7-8-23-53(47)63-54/h2*1-35H. The predicted octanol–water partition coefficient (Wildman–Crippen LogP) is 29.1. The molecule has 0 saturated carbocycles. The summed E-state index contributed by atoms with van der Waals surface area (Å²) < 4.78 is 12.5. The van der Waals surface area contributed by atoms with Crippen LogP contribution in [0.4, 0.5) is 0 Å². The minimum atomic E-state index is 0.617. The first-order valence-corrected chi connectivity index (χ1v) is 41.9. The number of nitrogens with zero attached hydrogens (tertiary/aromatic N) is 10. The Morgan fingerprint density at radius 3 is 0.810 bits per heavy atom. The first-order chi connectivity index (χ1) is 62.3. The van der Waals surface area contributed by atoms with E-state index < -0.39 is 0 Å². The number of para-hydroxylation sites is 2. The van der Waals surface area contributed by atoms with Crippen LogP contribution >= 0.6 is 0 Å². The highest BCUT2D eigenvalue weighted by Gasteiger charge is 2.21. The number of rotatable bonds is 14. The second-order valence-electron chi connectivity index (χ2n) is 31.4. The van der Waals surface area contributed by atoms with Gasteiger partial charge in [0.2, 0.25) is 0 Å². The zero-order chi connectivity index (χ0) is 83.4. The number of hydrogen-bond donors (Lipinski definition) is 0. The summed E-state index contributed by atoms with van der Waals surface area (Å²) >= 11 is 0. The molecular weight excluding hydrogens is 1540 g/mol. The van der Waals surface area contributed by atoms with Gasteiger partial charge in [-0.05, 0) is 180 Å². The van der Waals surface area contributed by atoms with Crippen molar-refractivity contribution in [2.75, 3.05) is 0 Å². The molecule has 0 spiro atoms. The van der Waals surface area contributed by atoms with Gasteiger partial charge in [0.25, 0.3) is 0 Å². The molecule has 12 heteroatoms. The van der Waals surface area contributed by atoms with Crippen molar-refractivity contribution >= 4 is 88.0 Å². The molecule has 12 nitrogen and oxygen atoms in total. The van der Waals surface area contributed by atoms with Crippen molar-refractivity contribution in [3.05, 3.63) is 425 Å². The molecule has 6 aromatic heterocycles. The van der Waals surface area contributed by atoms with Crippen LogP contribution in [0.15, 0.2) is 433 Å². The highest BCUT2D eigenvalue weighted by molar-refractivity contribution is 6.14. The molecule has 0 saturated heterocycles. The van der Waals surface area contributed by atoms with Crippen molar-refractivity contribution < 1.29 is 8.83 Å². The lowest BCUT2D eigenvalue weighted by molar-refractivity contribution is 0.669. The largest absolute Gasteiger partial charge is 0.456 e. The fraction of sp³-hybridized carbons (Fsp3) is 0. The van der Waals surface area contributed by atoms with Crippen molar-refractivity contribution in [1.82, 2.24) is 49.8 Å². The summed E-state index contributed by atoms with van der Waals surface area (Å²) in [6, 6.07) is 146. The fourth-order valence-corrected chi connectivity index (χ4v) is 16.9. The van der Waals surface area contributed by atoms with Crippen LogP contribution in [0.1, 0.15) is 0 Å². The second kappa shape index (κ2) is 31.7. The van der Waals surface area contributed by atoms with E-state index in [0.717, 1.165) is 199 Å². The number of hydrogen-bond acceptors (Lipinski definition) is 12. The lowest BCUT2D eigenvalue weighted by Crippen LogP contribution is -2.00. The summed E-state index contributed by atoms with van der Waals surface area (Å²) in [4.78, 5) is 50.3. The third-order valence-corrected chi connectivity index (χ3v) is 23.4. The van der Waals surface area contributed by atoms with E-state index in [1.54, 1.807) is 0 Å². The molecule has 0 atom stereocenters. The third-order valence-electron chi connectivity index (χ3n) is 23.4. The van der Waals surface area contributed by atoms with Crippen molar-refractivity contribution in [2.45, 2.75) is 0 Å². The number of fused-ring (bicyclic) bond motifs is 11. The molecular formula is C114H70N10O2. The molecule has 24 aromatic rings. The first kappa shape index (κ1) is 73.9. The molecule has 0 bridgehead atoms. The zero-order valence-corrected chi connectivity index (χ0v) is 67.7. The molecule has 0 unspecified atom stereocenters. The van der Waals surface area contributed by atoms with Gasteiger partial charge in [-0.25, -0.2) is 49.8 Å². The molecule has 18 aromatic carbocycles. The molecule has 0 fully saturated rings. The van der Waals surface area contributed by atoms with E-state index in [9.17, 15) is 0 Å². The summed E-state index contributed by atoms with van der Waals surface area (Å²) in [5.74, 6) is 3.75. The van der Waals surface area contributed by atoms with Crippen molar-refractivity contribution in [1.29, 1.82) is 0 Å². The molecule has 0 radical (unpaired) electrons. The summed E-state index contributed by atoms with van der Waals surface area (Å²) in [6.45, 7) is 0. The van der Waals surface area contributed by atoms with Crippen LogP contribution < -0.4 is 0 Å². The summed E-state index contributed by atoms with van der Waals surface area (Å²) in [5, 5.41) is 4.25. The lowest BCUT2D eigenvalue weighted by Gasteiger charge is -2.11. The average Bonchev–Trinajstić information content (AvgIpc) is 1.62. The molecule has 6 heterocycles. The Kier molecular flexibility index (Phi) is 18.6. The predicted molar refractivity (Wildman–Crippen MR) is 512 cm³/mol. The van der Waals surface area contributed by atoms with Crippen LogP contribution in [0.25, 0.3) is 245 Å². The van der Waals surface area contributed by atoms with Crippen LogP contribution in [-0.4, -0.2) is 49.8 Å². The zero-order valence-electron chi connectivity index (χ0n) is 67.7. The Labute approximate surface area is 724 Å². The Morgan fingerprint density at radius 1 is 0.127 bits per heavy atom. The highest BCUT2D eigenvalue weighted by Crippen LogP contribution is 2.41. The van der Waals surface area contributed by atoms with Gasteiger partial charge in [-0.1, -0.05) is 328 Å². The van der Waals surface area contributed by atoms with Crippen molar-refractivity contribution in [3.8, 4) is 157 Å². The van der Waals surface area contributed by atoms with Crippen LogP contribution in [-0.2, 0) is 0 Å². The average molecular weight is 1610 g/mol. The quantitative estimate of drug-likeness (QED) is 0.0952. The van der Waals surface area contributed by atoms with Gasteiger partial charge in [0.15, 0.2) is 40.5 Å². The SMILES string of the molecule is c1ccc(-c2ccc(-c3nc(-c4ccccc4)nc(-c4cccc(-c5cccc(-c6cccc(-c7ccc8nc9cc%10c(cc9nc8c7)oc7ccccc7%10)c6)c5)c4)n3)cc2)cc1.c1ccc(-c2ccc(-c3nc(-c4ccccc4)nc(-c4cccc(-c5cccc(-c6cccc(-c7ccc8nc9ccc%10c%11ccccc%11oc%10c9nc8c7)c6)c5)c4)n3)cc2)cc1. The molecule has 588 valence electrons. The van der Waals surface area contributed by atoms with Gasteiger partial charge in [0.1, 0.15) is 22.3 Å². The van der Waals surface area contributed by atoms with Crippen LogP contribution in [0.2, 0.25) is 0 Å². The van der Waals surface area contributed by atoms with E-state index in [2.05, 4.69) is 303 Å². The molecule has 126 heavy (non-hydrogen) atoms. The highest BCUT2D eigenvalue weighted by atomic mass is 16.3. The topological polar surface area (TPSA) is 155 Å². The monoisotopic (exact) mass is 1610 g/mol. The van der Waals surface area contributed by atoms with Crippen LogP contribution in [0, 0.1) is 0 Å². The molecule has 24 rings (SSSR count). The Morgan fingerprint density at radius 2 is 0.389 bits per heavy atom. The maximum absolute atomic E-state index is 6.31. The van der Waals surface area contributed by atoms with E-state index in [0.29, 0.717) is 34.9 Å². The number of furan rings is 2. The molecule has 0 N–H and O–H groups in total. The smallest absolute Gasteiger partial charge is 0.164 e. The maximum atomic E-state index is 6.31. The van der Waals surface area contributed by atoms with Gasteiger partial charge in [-0.15, -0.1) is 0 Å². The summed E-state index contributed by atoms with van der Waals surface area (Å²) in [5.41, 5.74) is 33.2. The van der Waals surface area contributed by atoms with Gasteiger partial charge >= 0.3 is 0 Å². The Bertz CT molecular complexity index is 8330. The second-order valence-corrected chi connectivity index (χ2v) is 31.4. The lowest BCUT2D eigenvalue weighted by atomic mass is 9.95. The van der Waals surface area contributed by atoms with E-state index in [-0.39, 0.29) is 0 Å². The summed E-state index contributed by atoms with van der Waals surface area (Å²) in [7, 11) is 0. The first-order valence-electron chi connectivity index (χ1n) is 41.9. The van der Waals surface area contributed by atoms with Crippen LogP contribution in [0.5, 0.6) is 0 Å². The van der Waals surface area contributed by atoms with Gasteiger partial charge in [0.05, 0.1) is 38.6 Å². The van der Waals surface area contributed by atoms with Gasteiger partial charge in [0, 0.05) is 61.0 Å². The Hall–Kier alpha value is -17.2. The third kappa shape index (κ3) is 14.4. The fourth-order valence-electron chi connectivity index (χ4n) is 16.9. The van der Waals surface area contributed by atoms with Crippen molar-refractivity contribution in [3.63, 3.8) is 0 Å². The van der Waals surface area contributed by atoms with Gasteiger partial charge < -0.3 is 8.83 Å². The molecule has 0 amide bonds. The number of aromatic nitrogens is 10.